The van der Waals surface area contributed by atoms with E-state index in [-0.39, 0.29) is 11.7 Å². The highest BCUT2D eigenvalue weighted by atomic mass is 32.1. The smallest absolute Gasteiger partial charge is 0.269 e. The van der Waals surface area contributed by atoms with Crippen LogP contribution in [0.15, 0.2) is 59.7 Å². The molecule has 2 rings (SSSR count). The lowest BCUT2D eigenvalue weighted by Gasteiger charge is -2.15. The molecule has 0 aliphatic heterocycles. The van der Waals surface area contributed by atoms with E-state index in [1.165, 1.54) is 12.1 Å². The molecule has 0 aliphatic carbocycles. The van der Waals surface area contributed by atoms with Crippen LogP contribution in [-0.2, 0) is 0 Å². The first kappa shape index (κ1) is 16.6. The van der Waals surface area contributed by atoms with E-state index in [1.54, 1.807) is 18.3 Å². The first-order valence-corrected chi connectivity index (χ1v) is 7.36. The van der Waals surface area contributed by atoms with Crippen LogP contribution in [0.3, 0.4) is 0 Å². The maximum atomic E-state index is 10.6. The third-order valence-electron chi connectivity index (χ3n) is 3.13. The number of thiocarbonyl (C=S) groups is 1. The molecule has 0 saturated carbocycles. The normalized spacial score (nSPS) is 11.9. The molecule has 7 heteroatoms. The minimum absolute atomic E-state index is 0.0454. The molecule has 6 nitrogen and oxygen atoms in total. The number of nitrogens with one attached hydrogen (secondary N) is 2. The van der Waals surface area contributed by atoms with Crippen LogP contribution in [0.5, 0.6) is 0 Å². The van der Waals surface area contributed by atoms with E-state index in [0.717, 1.165) is 11.1 Å². The molecular weight excluding hydrogens is 312 g/mol. The fourth-order valence-electron chi connectivity index (χ4n) is 1.90. The molecule has 118 valence electrons. The second-order valence-electron chi connectivity index (χ2n) is 4.82. The first-order valence-electron chi connectivity index (χ1n) is 6.95. The largest absolute Gasteiger partial charge is 0.355 e. The molecule has 0 unspecified atom stereocenters. The molecule has 0 aromatic heterocycles. The Kier molecular flexibility index (Phi) is 5.76. The lowest BCUT2D eigenvalue weighted by molar-refractivity contribution is -0.384. The van der Waals surface area contributed by atoms with Gasteiger partial charge in [0.1, 0.15) is 0 Å². The van der Waals surface area contributed by atoms with Crippen LogP contribution in [-0.4, -0.2) is 16.3 Å². The van der Waals surface area contributed by atoms with Gasteiger partial charge in [0.05, 0.1) is 17.2 Å². The zero-order chi connectivity index (χ0) is 16.7. The van der Waals surface area contributed by atoms with Gasteiger partial charge in [-0.15, -0.1) is 0 Å². The van der Waals surface area contributed by atoms with E-state index >= 15 is 0 Å². The number of nitro groups is 1. The van der Waals surface area contributed by atoms with E-state index in [9.17, 15) is 10.1 Å². The Bertz CT molecular complexity index is 702. The average Bonchev–Trinajstić information content (AvgIpc) is 2.56. The molecule has 0 radical (unpaired) electrons. The number of hydrazone groups is 1. The van der Waals surface area contributed by atoms with Gasteiger partial charge >= 0.3 is 0 Å². The Hall–Kier alpha value is -2.80. The summed E-state index contributed by atoms with van der Waals surface area (Å²) in [5.41, 5.74) is 4.63. The van der Waals surface area contributed by atoms with E-state index in [4.69, 9.17) is 12.2 Å². The topological polar surface area (TPSA) is 79.6 Å². The Labute approximate surface area is 139 Å². The van der Waals surface area contributed by atoms with E-state index in [0.29, 0.717) is 5.11 Å². The first-order chi connectivity index (χ1) is 11.1. The summed E-state index contributed by atoms with van der Waals surface area (Å²) in [6.07, 6.45) is 1.55. The molecule has 2 aromatic carbocycles. The van der Waals surface area contributed by atoms with Gasteiger partial charge in [0.15, 0.2) is 5.11 Å². The molecule has 0 aliphatic rings. The summed E-state index contributed by atoms with van der Waals surface area (Å²) in [5, 5.41) is 18.1. The highest BCUT2D eigenvalue weighted by molar-refractivity contribution is 7.80. The van der Waals surface area contributed by atoms with Crippen molar-refractivity contribution in [2.75, 3.05) is 0 Å². The summed E-state index contributed by atoms with van der Waals surface area (Å²) in [6, 6.07) is 16.1. The number of nitro benzene ring substituents is 1. The third-order valence-corrected chi connectivity index (χ3v) is 3.34. The predicted molar refractivity (Wildman–Crippen MR) is 94.4 cm³/mol. The molecule has 23 heavy (non-hydrogen) atoms. The molecule has 0 spiro atoms. The molecule has 0 saturated heterocycles. The molecule has 0 amide bonds. The van der Waals surface area contributed by atoms with Gasteiger partial charge in [-0.3, -0.25) is 15.5 Å². The Balaban J connectivity index is 1.85. The van der Waals surface area contributed by atoms with Crippen LogP contribution in [0.1, 0.15) is 24.1 Å². The minimum Gasteiger partial charge on any atom is -0.355 e. The van der Waals surface area contributed by atoms with Crippen LogP contribution in [0.2, 0.25) is 0 Å². The average molecular weight is 328 g/mol. The van der Waals surface area contributed by atoms with Crippen LogP contribution in [0.4, 0.5) is 5.69 Å². The molecule has 0 heterocycles. The van der Waals surface area contributed by atoms with Crippen LogP contribution >= 0.6 is 12.2 Å². The summed E-state index contributed by atoms with van der Waals surface area (Å²) in [4.78, 5) is 10.1. The van der Waals surface area contributed by atoms with Crippen LogP contribution in [0, 0.1) is 10.1 Å². The van der Waals surface area contributed by atoms with Crippen molar-refractivity contribution in [2.45, 2.75) is 13.0 Å². The molecule has 0 fully saturated rings. The zero-order valence-corrected chi connectivity index (χ0v) is 13.3. The van der Waals surface area contributed by atoms with Crippen molar-refractivity contribution >= 4 is 29.2 Å². The van der Waals surface area contributed by atoms with Crippen molar-refractivity contribution in [2.24, 2.45) is 5.10 Å². The van der Waals surface area contributed by atoms with Gasteiger partial charge in [0, 0.05) is 12.1 Å². The Morgan fingerprint density at radius 3 is 2.48 bits per heavy atom. The van der Waals surface area contributed by atoms with Crippen molar-refractivity contribution in [3.63, 3.8) is 0 Å². The summed E-state index contributed by atoms with van der Waals surface area (Å²) in [5.74, 6) is 0. The number of benzene rings is 2. The maximum Gasteiger partial charge on any atom is 0.269 e. The van der Waals surface area contributed by atoms with Gasteiger partial charge in [-0.2, -0.15) is 5.10 Å². The Morgan fingerprint density at radius 2 is 1.87 bits per heavy atom. The van der Waals surface area contributed by atoms with Gasteiger partial charge in [-0.05, 0) is 42.4 Å². The van der Waals surface area contributed by atoms with E-state index < -0.39 is 4.92 Å². The summed E-state index contributed by atoms with van der Waals surface area (Å²) in [6.45, 7) is 2.00. The number of nitrogens with zero attached hydrogens (tertiary/aromatic N) is 2. The quantitative estimate of drug-likeness (QED) is 0.381. The van der Waals surface area contributed by atoms with Crippen molar-refractivity contribution in [1.82, 2.24) is 10.7 Å². The molecular formula is C16H16N4O2S. The molecule has 2 N–H and O–H groups in total. The lowest BCUT2D eigenvalue weighted by Crippen LogP contribution is -2.34. The van der Waals surface area contributed by atoms with Crippen molar-refractivity contribution < 1.29 is 4.92 Å². The zero-order valence-electron chi connectivity index (χ0n) is 12.5. The highest BCUT2D eigenvalue weighted by Crippen LogP contribution is 2.11. The van der Waals surface area contributed by atoms with Crippen LogP contribution in [0.25, 0.3) is 0 Å². The molecule has 2 aromatic rings. The SMILES string of the molecule is C[C@@H](NC(=S)N/N=C/c1ccc([N+](=O)[O-])cc1)c1ccccc1. The van der Waals surface area contributed by atoms with Gasteiger partial charge in [-0.1, -0.05) is 30.3 Å². The van der Waals surface area contributed by atoms with Crippen molar-refractivity contribution in [1.29, 1.82) is 0 Å². The predicted octanol–water partition coefficient (Wildman–Crippen LogP) is 3.15. The molecule has 1 atom stereocenters. The minimum atomic E-state index is -0.441. The monoisotopic (exact) mass is 328 g/mol. The standard InChI is InChI=1S/C16H16N4O2S/c1-12(14-5-3-2-4-6-14)18-16(23)19-17-11-13-7-9-15(10-8-13)20(21)22/h2-12H,1H3,(H2,18,19,23)/b17-11+/t12-/m1/s1. The van der Waals surface area contributed by atoms with Gasteiger partial charge in [-0.25, -0.2) is 0 Å². The van der Waals surface area contributed by atoms with Gasteiger partial charge < -0.3 is 5.32 Å². The maximum absolute atomic E-state index is 10.6. The van der Waals surface area contributed by atoms with Crippen LogP contribution < -0.4 is 10.7 Å². The number of non-ortho nitro benzene ring substituents is 1. The number of hydrogen-bond donors (Lipinski definition) is 2. The number of rotatable bonds is 5. The van der Waals surface area contributed by atoms with Gasteiger partial charge in [0.2, 0.25) is 0 Å². The lowest BCUT2D eigenvalue weighted by atomic mass is 10.1. The van der Waals surface area contributed by atoms with Crippen molar-refractivity contribution in [3.8, 4) is 0 Å². The summed E-state index contributed by atoms with van der Waals surface area (Å²) >= 11 is 5.18. The fraction of sp³-hybridized carbons (Fsp3) is 0.125. The summed E-state index contributed by atoms with van der Waals surface area (Å²) < 4.78 is 0. The highest BCUT2D eigenvalue weighted by Gasteiger charge is 2.05. The van der Waals surface area contributed by atoms with Crippen molar-refractivity contribution in [3.05, 3.63) is 75.8 Å². The second kappa shape index (κ2) is 8.00. The summed E-state index contributed by atoms with van der Waals surface area (Å²) in [7, 11) is 0. The second-order valence-corrected chi connectivity index (χ2v) is 5.23. The third kappa shape index (κ3) is 5.15. The van der Waals surface area contributed by atoms with E-state index in [2.05, 4.69) is 15.8 Å². The number of hydrogen-bond acceptors (Lipinski definition) is 4. The van der Waals surface area contributed by atoms with E-state index in [1.807, 2.05) is 37.3 Å². The molecule has 0 bridgehead atoms. The van der Waals surface area contributed by atoms with Gasteiger partial charge in [0.25, 0.3) is 5.69 Å². The Morgan fingerprint density at radius 1 is 1.22 bits per heavy atom. The fourth-order valence-corrected chi connectivity index (χ4v) is 2.13.